The molecule has 4 N–H and O–H groups in total. The second kappa shape index (κ2) is 4.85. The Bertz CT molecular complexity index is 631. The van der Waals surface area contributed by atoms with Crippen LogP contribution >= 0.6 is 0 Å². The molecule has 9 heteroatoms. The zero-order valence-corrected chi connectivity index (χ0v) is 10.8. The summed E-state index contributed by atoms with van der Waals surface area (Å²) >= 11 is 0. The molecule has 3 rings (SSSR count). The Labute approximate surface area is 113 Å². The lowest BCUT2D eigenvalue weighted by Gasteiger charge is -2.13. The van der Waals surface area contributed by atoms with E-state index in [4.69, 9.17) is 20.3 Å². The Balaban J connectivity index is 2.03. The molecule has 2 aromatic heterocycles. The zero-order chi connectivity index (χ0) is 14.3. The quantitative estimate of drug-likeness (QED) is 0.657. The fourth-order valence-corrected chi connectivity index (χ4v) is 2.31. The maximum absolute atomic E-state index is 9.78. The maximum Gasteiger partial charge on any atom is 0.229 e. The van der Waals surface area contributed by atoms with Crippen molar-refractivity contribution in [2.24, 2.45) is 0 Å². The van der Waals surface area contributed by atoms with Crippen LogP contribution in [0.25, 0.3) is 11.0 Å². The molecule has 1 aliphatic rings. The highest BCUT2D eigenvalue weighted by molar-refractivity contribution is 5.81. The summed E-state index contributed by atoms with van der Waals surface area (Å²) in [6.45, 7) is -0.253. The number of ether oxygens (including phenoxy) is 2. The van der Waals surface area contributed by atoms with Gasteiger partial charge in [-0.05, 0) is 0 Å². The fraction of sp³-hybridized carbons (Fsp3) is 0.545. The van der Waals surface area contributed by atoms with Crippen molar-refractivity contribution in [3.8, 4) is 5.88 Å². The number of hydrogen-bond acceptors (Lipinski definition) is 8. The lowest BCUT2D eigenvalue weighted by atomic mass is 10.2. The van der Waals surface area contributed by atoms with Gasteiger partial charge in [-0.3, -0.25) is 0 Å². The average molecular weight is 281 g/mol. The highest BCUT2D eigenvalue weighted by atomic mass is 16.5. The third kappa shape index (κ3) is 1.96. The van der Waals surface area contributed by atoms with Crippen LogP contribution in [0.2, 0.25) is 0 Å². The van der Waals surface area contributed by atoms with Gasteiger partial charge in [0, 0.05) is 6.42 Å². The minimum Gasteiger partial charge on any atom is -0.480 e. The number of aliphatic hydroxyl groups is 2. The van der Waals surface area contributed by atoms with Crippen LogP contribution in [0.1, 0.15) is 12.6 Å². The second-order valence-corrected chi connectivity index (χ2v) is 4.53. The fourth-order valence-electron chi connectivity index (χ4n) is 2.31. The van der Waals surface area contributed by atoms with Crippen LogP contribution in [0.15, 0.2) is 6.20 Å². The van der Waals surface area contributed by atoms with E-state index in [9.17, 15) is 5.11 Å². The van der Waals surface area contributed by atoms with E-state index < -0.39 is 18.4 Å². The summed E-state index contributed by atoms with van der Waals surface area (Å²) in [5, 5.41) is 23.7. The third-order valence-corrected chi connectivity index (χ3v) is 3.29. The molecule has 0 radical (unpaired) electrons. The number of anilines is 1. The van der Waals surface area contributed by atoms with Crippen LogP contribution < -0.4 is 10.5 Å². The summed E-state index contributed by atoms with van der Waals surface area (Å²) in [6.07, 6.45) is -0.0200. The SMILES string of the molecule is COc1nc(N)nc2c1cnn2[C@@H]1C[C@H](O)[C@@H](CO)O1. The van der Waals surface area contributed by atoms with Gasteiger partial charge in [-0.15, -0.1) is 0 Å². The predicted molar refractivity (Wildman–Crippen MR) is 67.9 cm³/mol. The van der Waals surface area contributed by atoms with E-state index in [-0.39, 0.29) is 12.6 Å². The summed E-state index contributed by atoms with van der Waals surface area (Å²) in [6, 6.07) is 0. The van der Waals surface area contributed by atoms with Crippen LogP contribution in [-0.2, 0) is 4.74 Å². The van der Waals surface area contributed by atoms with Crippen molar-refractivity contribution in [1.82, 2.24) is 19.7 Å². The summed E-state index contributed by atoms with van der Waals surface area (Å²) in [4.78, 5) is 8.09. The first kappa shape index (κ1) is 13.0. The van der Waals surface area contributed by atoms with Crippen molar-refractivity contribution in [1.29, 1.82) is 0 Å². The van der Waals surface area contributed by atoms with Crippen molar-refractivity contribution >= 4 is 17.0 Å². The highest BCUT2D eigenvalue weighted by Crippen LogP contribution is 2.32. The smallest absolute Gasteiger partial charge is 0.229 e. The molecule has 3 heterocycles. The Hall–Kier alpha value is -1.97. The molecule has 1 aliphatic heterocycles. The Morgan fingerprint density at radius 3 is 3.00 bits per heavy atom. The molecule has 3 atom stereocenters. The van der Waals surface area contributed by atoms with Gasteiger partial charge in [0.2, 0.25) is 11.8 Å². The standard InChI is InChI=1S/C11H15N5O4/c1-19-10-5-3-13-16(9(5)14-11(12)15-10)8-2-6(18)7(4-17)20-8/h3,6-8,17-18H,2,4H2,1H3,(H2,12,14,15)/t6-,7+,8-/m0/s1. The molecule has 9 nitrogen and oxygen atoms in total. The molecule has 0 aliphatic carbocycles. The first-order valence-electron chi connectivity index (χ1n) is 6.13. The highest BCUT2D eigenvalue weighted by Gasteiger charge is 2.36. The van der Waals surface area contributed by atoms with Crippen molar-refractivity contribution in [3.63, 3.8) is 0 Å². The average Bonchev–Trinajstić information content (AvgIpc) is 3.00. The Morgan fingerprint density at radius 1 is 1.55 bits per heavy atom. The van der Waals surface area contributed by atoms with Crippen LogP contribution in [0.3, 0.4) is 0 Å². The number of rotatable bonds is 3. The minimum absolute atomic E-state index is 0.0633. The van der Waals surface area contributed by atoms with Crippen LogP contribution in [0.4, 0.5) is 5.95 Å². The van der Waals surface area contributed by atoms with E-state index in [0.717, 1.165) is 0 Å². The number of aromatic nitrogens is 4. The topological polar surface area (TPSA) is 129 Å². The summed E-state index contributed by atoms with van der Waals surface area (Å²) < 4.78 is 12.2. The van der Waals surface area contributed by atoms with E-state index in [1.165, 1.54) is 11.8 Å². The number of nitrogens with zero attached hydrogens (tertiary/aromatic N) is 4. The number of fused-ring (bicyclic) bond motifs is 1. The second-order valence-electron chi connectivity index (χ2n) is 4.53. The summed E-state index contributed by atoms with van der Waals surface area (Å²) in [5.41, 5.74) is 6.10. The molecule has 0 unspecified atom stereocenters. The van der Waals surface area contributed by atoms with Gasteiger partial charge in [0.05, 0.1) is 26.0 Å². The maximum atomic E-state index is 9.78. The molecular formula is C11H15N5O4. The van der Waals surface area contributed by atoms with Crippen LogP contribution in [-0.4, -0.2) is 55.9 Å². The van der Waals surface area contributed by atoms with Crippen LogP contribution in [0.5, 0.6) is 5.88 Å². The summed E-state index contributed by atoms with van der Waals surface area (Å²) in [5.74, 6) is 0.393. The number of hydrogen-bond donors (Lipinski definition) is 3. The molecule has 0 saturated carbocycles. The van der Waals surface area contributed by atoms with E-state index >= 15 is 0 Å². The molecular weight excluding hydrogens is 266 g/mol. The molecule has 2 aromatic rings. The van der Waals surface area contributed by atoms with Crippen molar-refractivity contribution in [2.45, 2.75) is 24.9 Å². The van der Waals surface area contributed by atoms with Gasteiger partial charge in [-0.2, -0.15) is 15.1 Å². The lowest BCUT2D eigenvalue weighted by molar-refractivity contribution is -0.0470. The molecule has 0 amide bonds. The lowest BCUT2D eigenvalue weighted by Crippen LogP contribution is -2.24. The Morgan fingerprint density at radius 2 is 2.35 bits per heavy atom. The summed E-state index contributed by atoms with van der Waals surface area (Å²) in [7, 11) is 1.48. The van der Waals surface area contributed by atoms with Gasteiger partial charge in [-0.25, -0.2) is 4.68 Å². The van der Waals surface area contributed by atoms with Gasteiger partial charge in [0.1, 0.15) is 11.5 Å². The van der Waals surface area contributed by atoms with Crippen LogP contribution in [0, 0.1) is 0 Å². The third-order valence-electron chi connectivity index (χ3n) is 3.29. The number of nitrogen functional groups attached to an aromatic ring is 1. The normalized spacial score (nSPS) is 26.2. The first-order chi connectivity index (χ1) is 9.63. The molecule has 0 spiro atoms. The molecule has 108 valence electrons. The van der Waals surface area contributed by atoms with E-state index in [1.54, 1.807) is 6.20 Å². The van der Waals surface area contributed by atoms with E-state index in [1.807, 2.05) is 0 Å². The van der Waals surface area contributed by atoms with E-state index in [2.05, 4.69) is 15.1 Å². The monoisotopic (exact) mass is 281 g/mol. The molecule has 0 bridgehead atoms. The molecule has 0 aromatic carbocycles. The molecule has 1 saturated heterocycles. The van der Waals surface area contributed by atoms with Gasteiger partial charge >= 0.3 is 0 Å². The number of aliphatic hydroxyl groups excluding tert-OH is 2. The van der Waals surface area contributed by atoms with Gasteiger partial charge < -0.3 is 25.4 Å². The van der Waals surface area contributed by atoms with Gasteiger partial charge in [0.25, 0.3) is 0 Å². The zero-order valence-electron chi connectivity index (χ0n) is 10.8. The van der Waals surface area contributed by atoms with E-state index in [0.29, 0.717) is 23.3 Å². The molecule has 20 heavy (non-hydrogen) atoms. The van der Waals surface area contributed by atoms with Crippen molar-refractivity contribution < 1.29 is 19.7 Å². The first-order valence-corrected chi connectivity index (χ1v) is 6.13. The molecule has 1 fully saturated rings. The number of methoxy groups -OCH3 is 1. The predicted octanol–water partition coefficient (Wildman–Crippen LogP) is -0.942. The van der Waals surface area contributed by atoms with Gasteiger partial charge in [0.15, 0.2) is 11.9 Å². The minimum atomic E-state index is -0.745. The van der Waals surface area contributed by atoms with Gasteiger partial charge in [-0.1, -0.05) is 0 Å². The van der Waals surface area contributed by atoms with Crippen molar-refractivity contribution in [3.05, 3.63) is 6.20 Å². The number of nitrogens with two attached hydrogens (primary N) is 1. The largest absolute Gasteiger partial charge is 0.480 e. The Kier molecular flexibility index (Phi) is 3.16. The van der Waals surface area contributed by atoms with Crippen molar-refractivity contribution in [2.75, 3.05) is 19.5 Å².